The predicted molar refractivity (Wildman–Crippen MR) is 92.0 cm³/mol. The van der Waals surface area contributed by atoms with Crippen LogP contribution < -0.4 is 14.7 Å². The lowest BCUT2D eigenvalue weighted by Gasteiger charge is -2.37. The summed E-state index contributed by atoms with van der Waals surface area (Å²) in [6, 6.07) is 12.6. The highest BCUT2D eigenvalue weighted by Crippen LogP contribution is 2.15. The van der Waals surface area contributed by atoms with Gasteiger partial charge in [0.25, 0.3) is 5.91 Å². The summed E-state index contributed by atoms with van der Waals surface area (Å²) >= 11 is 0. The minimum Gasteiger partial charge on any atom is -0.368 e. The van der Waals surface area contributed by atoms with Crippen molar-refractivity contribution in [1.82, 2.24) is 4.90 Å². The molecule has 24 heavy (non-hydrogen) atoms. The maximum absolute atomic E-state index is 12.5. The average Bonchev–Trinajstić information content (AvgIpc) is 2.64. The van der Waals surface area contributed by atoms with E-state index in [9.17, 15) is 4.79 Å². The van der Waals surface area contributed by atoms with Crippen LogP contribution >= 0.6 is 0 Å². The molecule has 0 bridgehead atoms. The van der Waals surface area contributed by atoms with Crippen molar-refractivity contribution >= 4 is 11.6 Å². The number of nitrogens with zero attached hydrogens (tertiary/aromatic N) is 3. The zero-order chi connectivity index (χ0) is 16.8. The summed E-state index contributed by atoms with van der Waals surface area (Å²) in [5, 5.41) is 8.76. The summed E-state index contributed by atoms with van der Waals surface area (Å²) < 4.78 is 0. The topological polar surface area (TPSA) is 56.2 Å². The molecule has 6 nitrogen and oxygen atoms in total. The van der Waals surface area contributed by atoms with Crippen molar-refractivity contribution in [2.75, 3.05) is 70.3 Å². The summed E-state index contributed by atoms with van der Waals surface area (Å²) in [4.78, 5) is 19.6. The van der Waals surface area contributed by atoms with E-state index in [1.54, 1.807) is 0 Å². The van der Waals surface area contributed by atoms with Crippen molar-refractivity contribution in [2.24, 2.45) is 0 Å². The fourth-order valence-corrected chi connectivity index (χ4v) is 3.60. The molecule has 2 fully saturated rings. The molecule has 2 N–H and O–H groups in total. The summed E-state index contributed by atoms with van der Waals surface area (Å²) in [5.41, 5.74) is 1.24. The Kier molecular flexibility index (Phi) is 5.68. The normalized spacial score (nSPS) is 24.5. The predicted octanol–water partition coefficient (Wildman–Crippen LogP) is -2.36. The van der Waals surface area contributed by atoms with Gasteiger partial charge in [0.05, 0.1) is 0 Å². The molecule has 0 radical (unpaired) electrons. The average molecular weight is 329 g/mol. The van der Waals surface area contributed by atoms with E-state index < -0.39 is 0 Å². The molecule has 0 saturated carbocycles. The van der Waals surface area contributed by atoms with Gasteiger partial charge in [0.2, 0.25) is 0 Å². The van der Waals surface area contributed by atoms with Crippen molar-refractivity contribution in [1.29, 1.82) is 5.26 Å². The van der Waals surface area contributed by atoms with E-state index in [-0.39, 0.29) is 5.91 Å². The van der Waals surface area contributed by atoms with Gasteiger partial charge in [-0.05, 0) is 12.1 Å². The van der Waals surface area contributed by atoms with E-state index >= 15 is 0 Å². The molecule has 0 aliphatic carbocycles. The van der Waals surface area contributed by atoms with Gasteiger partial charge in [0.1, 0.15) is 32.2 Å². The number of carbonyl (C=O) groups excluding carboxylic acids is 1. The van der Waals surface area contributed by atoms with Gasteiger partial charge in [0, 0.05) is 31.9 Å². The number of piperazine rings is 2. The van der Waals surface area contributed by atoms with E-state index in [2.05, 4.69) is 35.2 Å². The summed E-state index contributed by atoms with van der Waals surface area (Å²) in [7, 11) is 0. The highest BCUT2D eigenvalue weighted by Gasteiger charge is 2.28. The van der Waals surface area contributed by atoms with Crippen molar-refractivity contribution in [3.05, 3.63) is 30.3 Å². The van der Waals surface area contributed by atoms with Crippen LogP contribution in [-0.2, 0) is 4.79 Å². The van der Waals surface area contributed by atoms with E-state index in [1.807, 2.05) is 11.0 Å². The van der Waals surface area contributed by atoms with Crippen LogP contribution in [0.5, 0.6) is 0 Å². The van der Waals surface area contributed by atoms with Gasteiger partial charge in [0.15, 0.2) is 13.1 Å². The van der Waals surface area contributed by atoms with Gasteiger partial charge < -0.3 is 19.6 Å². The highest BCUT2D eigenvalue weighted by molar-refractivity contribution is 5.77. The molecule has 6 heteroatoms. The molecule has 2 saturated heterocycles. The molecule has 0 aromatic heterocycles. The maximum atomic E-state index is 12.5. The van der Waals surface area contributed by atoms with Gasteiger partial charge in [-0.1, -0.05) is 18.2 Å². The van der Waals surface area contributed by atoms with Crippen molar-refractivity contribution in [3.63, 3.8) is 0 Å². The summed E-state index contributed by atoms with van der Waals surface area (Å²) in [5.74, 6) is 0.279. The third kappa shape index (κ3) is 4.25. The van der Waals surface area contributed by atoms with Gasteiger partial charge in [-0.25, -0.2) is 0 Å². The number of rotatable bonds is 4. The van der Waals surface area contributed by atoms with Gasteiger partial charge in [-0.15, -0.1) is 0 Å². The van der Waals surface area contributed by atoms with Crippen molar-refractivity contribution in [2.45, 2.75) is 0 Å². The number of anilines is 1. The van der Waals surface area contributed by atoms with E-state index in [0.29, 0.717) is 13.1 Å². The number of para-hydroxylation sites is 1. The van der Waals surface area contributed by atoms with E-state index in [4.69, 9.17) is 5.26 Å². The Labute approximate surface area is 143 Å². The molecule has 1 amide bonds. The molecule has 0 atom stereocenters. The number of carbonyl (C=O) groups is 1. The molecular formula is C18H27N5O+2. The monoisotopic (exact) mass is 329 g/mol. The molecule has 1 aromatic rings. The largest absolute Gasteiger partial charge is 0.368 e. The van der Waals surface area contributed by atoms with Crippen LogP contribution in [0.15, 0.2) is 30.3 Å². The lowest BCUT2D eigenvalue weighted by molar-refractivity contribution is -1.01. The first-order valence-corrected chi connectivity index (χ1v) is 8.88. The lowest BCUT2D eigenvalue weighted by atomic mass is 10.2. The first-order chi connectivity index (χ1) is 11.8. The Morgan fingerprint density at radius 2 is 1.62 bits per heavy atom. The molecular weight excluding hydrogens is 302 g/mol. The van der Waals surface area contributed by atoms with Crippen LogP contribution in [0.3, 0.4) is 0 Å². The Morgan fingerprint density at radius 1 is 1.00 bits per heavy atom. The smallest absolute Gasteiger partial charge is 0.277 e. The summed E-state index contributed by atoms with van der Waals surface area (Å²) in [6.07, 6.45) is 0. The lowest BCUT2D eigenvalue weighted by Crippen LogP contribution is -3.28. The number of quaternary nitrogens is 2. The Balaban J connectivity index is 1.42. The third-order valence-electron chi connectivity index (χ3n) is 5.15. The zero-order valence-electron chi connectivity index (χ0n) is 14.2. The van der Waals surface area contributed by atoms with Crippen LogP contribution in [0.25, 0.3) is 0 Å². The Morgan fingerprint density at radius 3 is 2.25 bits per heavy atom. The maximum Gasteiger partial charge on any atom is 0.277 e. The second kappa shape index (κ2) is 8.13. The Hall–Kier alpha value is -2.10. The second-order valence-corrected chi connectivity index (χ2v) is 6.72. The SMILES string of the molecule is N#CC[NH+]1CC[NH+](CC(=O)N2CCN(c3ccccc3)CC2)CC1. The minimum atomic E-state index is 0.279. The second-order valence-electron chi connectivity index (χ2n) is 6.72. The molecule has 2 aliphatic rings. The van der Waals surface area contributed by atoms with Crippen molar-refractivity contribution in [3.8, 4) is 6.07 Å². The minimum absolute atomic E-state index is 0.279. The number of hydrogen-bond acceptors (Lipinski definition) is 3. The van der Waals surface area contributed by atoms with E-state index in [1.165, 1.54) is 15.5 Å². The fourth-order valence-electron chi connectivity index (χ4n) is 3.60. The van der Waals surface area contributed by atoms with Gasteiger partial charge in [-0.2, -0.15) is 5.26 Å². The number of nitriles is 1. The van der Waals surface area contributed by atoms with Crippen molar-refractivity contribution < 1.29 is 14.6 Å². The van der Waals surface area contributed by atoms with Gasteiger partial charge >= 0.3 is 0 Å². The number of benzene rings is 1. The molecule has 128 valence electrons. The first-order valence-electron chi connectivity index (χ1n) is 8.88. The zero-order valence-corrected chi connectivity index (χ0v) is 14.2. The number of amides is 1. The van der Waals surface area contributed by atoms with Crippen LogP contribution in [0.2, 0.25) is 0 Å². The summed E-state index contributed by atoms with van der Waals surface area (Å²) in [6.45, 7) is 8.61. The number of nitrogens with one attached hydrogen (secondary N) is 2. The van der Waals surface area contributed by atoms with Crippen LogP contribution in [0.4, 0.5) is 5.69 Å². The van der Waals surface area contributed by atoms with Crippen LogP contribution in [0.1, 0.15) is 0 Å². The van der Waals surface area contributed by atoms with Gasteiger partial charge in [-0.3, -0.25) is 4.79 Å². The molecule has 3 rings (SSSR count). The molecule has 0 unspecified atom stereocenters. The van der Waals surface area contributed by atoms with Crippen LogP contribution in [-0.4, -0.2) is 76.3 Å². The molecule has 2 aliphatic heterocycles. The quantitative estimate of drug-likeness (QED) is 0.608. The third-order valence-corrected chi connectivity index (χ3v) is 5.15. The number of hydrogen-bond donors (Lipinski definition) is 2. The molecule has 1 aromatic carbocycles. The fraction of sp³-hybridized carbons (Fsp3) is 0.556. The standard InChI is InChI=1S/C18H25N5O/c19-6-7-20-8-10-21(11-9-20)16-18(24)23-14-12-22(13-15-23)17-4-2-1-3-5-17/h1-5H,7-16H2/p+2. The molecule has 2 heterocycles. The Bertz CT molecular complexity index is 569. The van der Waals surface area contributed by atoms with Crippen LogP contribution in [0, 0.1) is 11.3 Å². The highest BCUT2D eigenvalue weighted by atomic mass is 16.2. The molecule has 0 spiro atoms. The van der Waals surface area contributed by atoms with E-state index in [0.717, 1.165) is 52.4 Å². The first kappa shape index (κ1) is 16.7.